The van der Waals surface area contributed by atoms with E-state index in [1.165, 1.54) is 7.11 Å². The molecule has 1 aromatic heterocycles. The molecule has 0 radical (unpaired) electrons. The number of carbonyl (C=O) groups excluding carboxylic acids is 1. The van der Waals surface area contributed by atoms with Crippen LogP contribution in [0.4, 0.5) is 5.69 Å². The lowest BCUT2D eigenvalue weighted by Crippen LogP contribution is -2.22. The number of nitrogens with two attached hydrogens (primary N) is 1. The molecule has 0 aliphatic carbocycles. The summed E-state index contributed by atoms with van der Waals surface area (Å²) >= 11 is 0. The smallest absolute Gasteiger partial charge is 0.262 e. The first-order valence-electron chi connectivity index (χ1n) is 11.0. The average Bonchev–Trinajstić information content (AvgIpc) is 3.18. The van der Waals surface area contributed by atoms with Crippen LogP contribution < -0.4 is 25.3 Å². The molecule has 1 unspecified atom stereocenters. The number of fused-ring (bicyclic) bond motifs is 1. The second kappa shape index (κ2) is 9.43. The van der Waals surface area contributed by atoms with Crippen molar-refractivity contribution in [2.45, 2.75) is 33.6 Å². The van der Waals surface area contributed by atoms with Crippen LogP contribution in [-0.2, 0) is 4.79 Å². The van der Waals surface area contributed by atoms with E-state index in [4.69, 9.17) is 19.9 Å². The van der Waals surface area contributed by atoms with Crippen LogP contribution >= 0.6 is 0 Å². The van der Waals surface area contributed by atoms with Gasteiger partial charge in [0.1, 0.15) is 11.6 Å². The van der Waals surface area contributed by atoms with Gasteiger partial charge >= 0.3 is 0 Å². The molecular formula is C26H27N5O4. The molecule has 180 valence electrons. The summed E-state index contributed by atoms with van der Waals surface area (Å²) in [5.41, 5.74) is 12.4. The third kappa shape index (κ3) is 4.51. The summed E-state index contributed by atoms with van der Waals surface area (Å²) in [7, 11) is 1.51. The number of anilines is 1. The van der Waals surface area contributed by atoms with Gasteiger partial charge in [-0.1, -0.05) is 23.8 Å². The molecule has 2 aromatic carbocycles. The van der Waals surface area contributed by atoms with E-state index in [0.29, 0.717) is 17.4 Å². The summed E-state index contributed by atoms with van der Waals surface area (Å²) in [5, 5.41) is 19.7. The molecule has 4 rings (SSSR count). The standard InChI is InChI=1S/C26H27N5O4/c1-13-8-14(2)24(15(3)9-13)29-21(32)12-34-19-7-6-17(10-20(19)33-5)23-18(11-27)25(28)35-26-22(23)16(4)30-31-26/h6-10,23H,12,28H2,1-5H3,(H,29,32)(H,30,31). The molecule has 9 heteroatoms. The van der Waals surface area contributed by atoms with Crippen LogP contribution in [0.25, 0.3) is 0 Å². The number of hydrogen-bond acceptors (Lipinski definition) is 7. The number of carbonyl (C=O) groups is 1. The van der Waals surface area contributed by atoms with E-state index in [9.17, 15) is 10.1 Å². The number of allylic oxidation sites excluding steroid dienone is 1. The van der Waals surface area contributed by atoms with E-state index in [1.54, 1.807) is 18.2 Å². The molecule has 9 nitrogen and oxygen atoms in total. The van der Waals surface area contributed by atoms with Gasteiger partial charge in [-0.05, 0) is 56.5 Å². The quantitative estimate of drug-likeness (QED) is 0.494. The molecule has 1 atom stereocenters. The molecule has 0 saturated carbocycles. The summed E-state index contributed by atoms with van der Waals surface area (Å²) in [6.07, 6.45) is 0. The zero-order chi connectivity index (χ0) is 25.3. The van der Waals surface area contributed by atoms with Gasteiger partial charge in [0.15, 0.2) is 18.1 Å². The lowest BCUT2D eigenvalue weighted by Gasteiger charge is -2.24. The zero-order valence-electron chi connectivity index (χ0n) is 20.3. The minimum absolute atomic E-state index is 0.00848. The van der Waals surface area contributed by atoms with Gasteiger partial charge in [0.05, 0.1) is 13.0 Å². The van der Waals surface area contributed by atoms with Crippen LogP contribution in [0.15, 0.2) is 41.8 Å². The Morgan fingerprint density at radius 2 is 1.91 bits per heavy atom. The lowest BCUT2D eigenvalue weighted by molar-refractivity contribution is -0.118. The SMILES string of the molecule is COc1cc(C2C(C#N)=C(N)Oc3n[nH]c(C)c32)ccc1OCC(=O)Nc1c(C)cc(C)cc1C. The molecule has 3 aromatic rings. The van der Waals surface area contributed by atoms with Crippen LogP contribution in [0, 0.1) is 39.0 Å². The maximum atomic E-state index is 12.6. The summed E-state index contributed by atoms with van der Waals surface area (Å²) in [6.45, 7) is 7.59. The number of benzene rings is 2. The topological polar surface area (TPSA) is 135 Å². The van der Waals surface area contributed by atoms with Crippen LogP contribution in [-0.4, -0.2) is 29.8 Å². The fourth-order valence-corrected chi connectivity index (χ4v) is 4.41. The first kappa shape index (κ1) is 23.7. The first-order valence-corrected chi connectivity index (χ1v) is 11.0. The molecule has 0 saturated heterocycles. The number of nitrogens with zero attached hydrogens (tertiary/aromatic N) is 2. The molecule has 35 heavy (non-hydrogen) atoms. The first-order chi connectivity index (χ1) is 16.7. The lowest BCUT2D eigenvalue weighted by atomic mass is 9.84. The number of ether oxygens (including phenoxy) is 3. The van der Waals surface area contributed by atoms with Crippen molar-refractivity contribution in [3.63, 3.8) is 0 Å². The number of amides is 1. The molecular weight excluding hydrogens is 446 g/mol. The van der Waals surface area contributed by atoms with Gasteiger partial charge in [-0.15, -0.1) is 5.10 Å². The molecule has 4 N–H and O–H groups in total. The largest absolute Gasteiger partial charge is 0.493 e. The summed E-state index contributed by atoms with van der Waals surface area (Å²) in [4.78, 5) is 12.6. The molecule has 0 fully saturated rings. The molecule has 0 spiro atoms. The van der Waals surface area contributed by atoms with Crippen molar-refractivity contribution in [3.8, 4) is 23.4 Å². The highest BCUT2D eigenvalue weighted by Gasteiger charge is 2.34. The number of aryl methyl sites for hydroxylation is 4. The summed E-state index contributed by atoms with van der Waals surface area (Å²) in [5.74, 6) is 0.396. The van der Waals surface area contributed by atoms with Crippen molar-refractivity contribution in [2.24, 2.45) is 5.73 Å². The van der Waals surface area contributed by atoms with Crippen molar-refractivity contribution in [1.82, 2.24) is 10.2 Å². The van der Waals surface area contributed by atoms with E-state index in [1.807, 2.05) is 39.8 Å². The Morgan fingerprint density at radius 1 is 1.20 bits per heavy atom. The van der Waals surface area contributed by atoms with Crippen molar-refractivity contribution in [3.05, 3.63) is 75.3 Å². The number of H-pyrrole nitrogens is 1. The Hall–Kier alpha value is -4.45. The number of hydrogen-bond donors (Lipinski definition) is 3. The normalized spacial score (nSPS) is 14.6. The number of aromatic amines is 1. The molecule has 1 aliphatic heterocycles. The van der Waals surface area contributed by atoms with Gasteiger partial charge in [0, 0.05) is 16.9 Å². The number of methoxy groups -OCH3 is 1. The maximum absolute atomic E-state index is 12.6. The van der Waals surface area contributed by atoms with Crippen LogP contribution in [0.2, 0.25) is 0 Å². The molecule has 2 heterocycles. The average molecular weight is 474 g/mol. The van der Waals surface area contributed by atoms with E-state index in [2.05, 4.69) is 21.6 Å². The van der Waals surface area contributed by atoms with E-state index in [-0.39, 0.29) is 24.0 Å². The van der Waals surface area contributed by atoms with E-state index >= 15 is 0 Å². The number of aromatic nitrogens is 2. The molecule has 1 aliphatic rings. The van der Waals surface area contributed by atoms with Gasteiger partial charge in [0.25, 0.3) is 5.91 Å². The van der Waals surface area contributed by atoms with Crippen molar-refractivity contribution < 1.29 is 19.0 Å². The monoisotopic (exact) mass is 473 g/mol. The van der Waals surface area contributed by atoms with Crippen molar-refractivity contribution in [2.75, 3.05) is 19.0 Å². The van der Waals surface area contributed by atoms with Gasteiger partial charge in [-0.25, -0.2) is 0 Å². The predicted octanol–water partition coefficient (Wildman–Crippen LogP) is 3.89. The Bertz CT molecular complexity index is 1360. The minimum Gasteiger partial charge on any atom is -0.493 e. The zero-order valence-corrected chi connectivity index (χ0v) is 20.3. The third-order valence-electron chi connectivity index (χ3n) is 5.95. The van der Waals surface area contributed by atoms with Gasteiger partial charge in [0.2, 0.25) is 11.8 Å². The Kier molecular flexibility index (Phi) is 6.38. The Morgan fingerprint density at radius 3 is 2.57 bits per heavy atom. The highest BCUT2D eigenvalue weighted by molar-refractivity contribution is 5.93. The van der Waals surface area contributed by atoms with E-state index < -0.39 is 5.92 Å². The molecule has 0 bridgehead atoms. The second-order valence-electron chi connectivity index (χ2n) is 8.51. The van der Waals surface area contributed by atoms with E-state index in [0.717, 1.165) is 39.2 Å². The van der Waals surface area contributed by atoms with Gasteiger partial charge in [-0.3, -0.25) is 9.89 Å². The van der Waals surface area contributed by atoms with Crippen LogP contribution in [0.1, 0.15) is 39.4 Å². The summed E-state index contributed by atoms with van der Waals surface area (Å²) < 4.78 is 16.8. The van der Waals surface area contributed by atoms with Crippen LogP contribution in [0.5, 0.6) is 17.4 Å². The fourth-order valence-electron chi connectivity index (χ4n) is 4.41. The number of nitriles is 1. The minimum atomic E-state index is -0.485. The number of rotatable bonds is 6. The Balaban J connectivity index is 1.56. The van der Waals surface area contributed by atoms with Crippen molar-refractivity contribution >= 4 is 11.6 Å². The Labute approximate surface area is 203 Å². The predicted molar refractivity (Wildman–Crippen MR) is 130 cm³/mol. The summed E-state index contributed by atoms with van der Waals surface area (Å²) in [6, 6.07) is 11.5. The highest BCUT2D eigenvalue weighted by atomic mass is 16.5. The second-order valence-corrected chi connectivity index (χ2v) is 8.51. The van der Waals surface area contributed by atoms with Crippen LogP contribution in [0.3, 0.4) is 0 Å². The number of nitrogens with one attached hydrogen (secondary N) is 2. The van der Waals surface area contributed by atoms with Gasteiger partial charge in [-0.2, -0.15) is 5.26 Å². The maximum Gasteiger partial charge on any atom is 0.262 e. The molecule has 1 amide bonds. The van der Waals surface area contributed by atoms with Crippen molar-refractivity contribution in [1.29, 1.82) is 5.26 Å². The fraction of sp³-hybridized carbons (Fsp3) is 0.269. The highest BCUT2D eigenvalue weighted by Crippen LogP contribution is 2.44. The van der Waals surface area contributed by atoms with Gasteiger partial charge < -0.3 is 25.3 Å². The third-order valence-corrected chi connectivity index (χ3v) is 5.95.